The Kier molecular flexibility index (Phi) is 4.55. The van der Waals surface area contributed by atoms with Gasteiger partial charge in [0.15, 0.2) is 0 Å². The van der Waals surface area contributed by atoms with Crippen LogP contribution in [0.2, 0.25) is 0 Å². The molecule has 1 rings (SSSR count). The van der Waals surface area contributed by atoms with Crippen LogP contribution < -0.4 is 5.32 Å². The largest absolute Gasteiger partial charge is 0.391 e. The Morgan fingerprint density at radius 3 is 3.15 bits per heavy atom. The molecule has 1 aromatic heterocycles. The Hall–Kier alpha value is -0.820. The van der Waals surface area contributed by atoms with E-state index in [4.69, 9.17) is 5.11 Å². The molecule has 0 atom stereocenters. The predicted molar refractivity (Wildman–Crippen MR) is 55.7 cm³/mol. The van der Waals surface area contributed by atoms with E-state index in [1.807, 2.05) is 18.5 Å². The topological polar surface area (TPSA) is 32.3 Å². The standard InChI is InChI=1S/C10H13NOS/c1-11-6-3-2-4-9-5-7-13-10(9)8-12/h5,7,11-12H,3,6,8H2,1H3. The SMILES string of the molecule is CNCCC#Cc1ccsc1CO. The van der Waals surface area contributed by atoms with E-state index in [1.165, 1.54) is 0 Å². The average Bonchev–Trinajstić information content (AvgIpc) is 2.60. The highest BCUT2D eigenvalue weighted by Crippen LogP contribution is 2.14. The van der Waals surface area contributed by atoms with E-state index >= 15 is 0 Å². The summed E-state index contributed by atoms with van der Waals surface area (Å²) >= 11 is 1.55. The maximum atomic E-state index is 8.94. The van der Waals surface area contributed by atoms with Crippen LogP contribution >= 0.6 is 11.3 Å². The van der Waals surface area contributed by atoms with E-state index in [0.717, 1.165) is 23.4 Å². The molecule has 1 heterocycles. The summed E-state index contributed by atoms with van der Waals surface area (Å²) in [5.41, 5.74) is 0.962. The smallest absolute Gasteiger partial charge is 0.0787 e. The van der Waals surface area contributed by atoms with Crippen LogP contribution in [0.15, 0.2) is 11.4 Å². The molecule has 70 valence electrons. The van der Waals surface area contributed by atoms with Crippen molar-refractivity contribution in [3.8, 4) is 11.8 Å². The normalized spacial score (nSPS) is 9.38. The van der Waals surface area contributed by atoms with Crippen LogP contribution in [0.4, 0.5) is 0 Å². The molecule has 2 nitrogen and oxygen atoms in total. The van der Waals surface area contributed by atoms with Crippen molar-refractivity contribution in [2.24, 2.45) is 0 Å². The van der Waals surface area contributed by atoms with E-state index < -0.39 is 0 Å². The second-order valence-corrected chi connectivity index (χ2v) is 3.57. The van der Waals surface area contributed by atoms with Gasteiger partial charge in [0, 0.05) is 23.4 Å². The molecular weight excluding hydrogens is 182 g/mol. The zero-order chi connectivity index (χ0) is 9.52. The summed E-state index contributed by atoms with van der Waals surface area (Å²) in [5, 5.41) is 13.9. The molecule has 0 aliphatic carbocycles. The van der Waals surface area contributed by atoms with Gasteiger partial charge in [0.05, 0.1) is 6.61 Å². The van der Waals surface area contributed by atoms with E-state index in [1.54, 1.807) is 11.3 Å². The van der Waals surface area contributed by atoms with E-state index in [9.17, 15) is 0 Å². The van der Waals surface area contributed by atoms with Crippen LogP contribution in [0, 0.1) is 11.8 Å². The van der Waals surface area contributed by atoms with Crippen molar-refractivity contribution in [2.75, 3.05) is 13.6 Å². The summed E-state index contributed by atoms with van der Waals surface area (Å²) in [6, 6.07) is 1.95. The monoisotopic (exact) mass is 195 g/mol. The second-order valence-electron chi connectivity index (χ2n) is 2.57. The number of thiophene rings is 1. The molecule has 0 spiro atoms. The maximum Gasteiger partial charge on any atom is 0.0787 e. The molecule has 0 aliphatic rings. The summed E-state index contributed by atoms with van der Waals surface area (Å²) in [4.78, 5) is 0.956. The molecule has 0 saturated heterocycles. The summed E-state index contributed by atoms with van der Waals surface area (Å²) in [6.07, 6.45) is 0.844. The quantitative estimate of drug-likeness (QED) is 0.561. The molecule has 0 aliphatic heterocycles. The highest BCUT2D eigenvalue weighted by atomic mass is 32.1. The third-order valence-electron chi connectivity index (χ3n) is 1.61. The fraction of sp³-hybridized carbons (Fsp3) is 0.400. The lowest BCUT2D eigenvalue weighted by Gasteiger charge is -1.90. The van der Waals surface area contributed by atoms with Gasteiger partial charge < -0.3 is 10.4 Å². The first-order chi connectivity index (χ1) is 6.38. The third-order valence-corrected chi connectivity index (χ3v) is 2.52. The average molecular weight is 195 g/mol. The van der Waals surface area contributed by atoms with E-state index in [2.05, 4.69) is 17.2 Å². The molecule has 0 fully saturated rings. The lowest BCUT2D eigenvalue weighted by atomic mass is 10.2. The van der Waals surface area contributed by atoms with Crippen LogP contribution in [0.1, 0.15) is 16.9 Å². The Bertz CT molecular complexity index is 308. The van der Waals surface area contributed by atoms with Gasteiger partial charge in [-0.3, -0.25) is 0 Å². The Morgan fingerprint density at radius 1 is 1.62 bits per heavy atom. The predicted octanol–water partition coefficient (Wildman–Crippen LogP) is 1.20. The van der Waals surface area contributed by atoms with Crippen molar-refractivity contribution in [2.45, 2.75) is 13.0 Å². The van der Waals surface area contributed by atoms with Crippen LogP contribution in [-0.4, -0.2) is 18.7 Å². The molecule has 0 bridgehead atoms. The first-order valence-corrected chi connectivity index (χ1v) is 5.07. The van der Waals surface area contributed by atoms with Crippen LogP contribution in [0.3, 0.4) is 0 Å². The molecular formula is C10H13NOS. The maximum absolute atomic E-state index is 8.94. The molecule has 0 unspecified atom stereocenters. The summed E-state index contributed by atoms with van der Waals surface area (Å²) < 4.78 is 0. The van der Waals surface area contributed by atoms with Crippen molar-refractivity contribution < 1.29 is 5.11 Å². The van der Waals surface area contributed by atoms with E-state index in [-0.39, 0.29) is 6.61 Å². The summed E-state index contributed by atoms with van der Waals surface area (Å²) in [6.45, 7) is 0.999. The summed E-state index contributed by atoms with van der Waals surface area (Å²) in [5.74, 6) is 6.09. The first kappa shape index (κ1) is 10.3. The minimum Gasteiger partial charge on any atom is -0.391 e. The van der Waals surface area contributed by atoms with Gasteiger partial charge in [-0.15, -0.1) is 11.3 Å². The number of rotatable bonds is 3. The van der Waals surface area contributed by atoms with Crippen LogP contribution in [0.5, 0.6) is 0 Å². The molecule has 1 aromatic rings. The number of aliphatic hydroxyl groups is 1. The first-order valence-electron chi connectivity index (χ1n) is 4.19. The lowest BCUT2D eigenvalue weighted by Crippen LogP contribution is -2.05. The molecule has 0 amide bonds. The van der Waals surface area contributed by atoms with Gasteiger partial charge in [-0.2, -0.15) is 0 Å². The van der Waals surface area contributed by atoms with Crippen molar-refractivity contribution >= 4 is 11.3 Å². The van der Waals surface area contributed by atoms with E-state index in [0.29, 0.717) is 0 Å². The van der Waals surface area contributed by atoms with Crippen molar-refractivity contribution in [1.82, 2.24) is 5.32 Å². The lowest BCUT2D eigenvalue weighted by molar-refractivity contribution is 0.285. The number of nitrogens with one attached hydrogen (secondary N) is 1. The highest BCUT2D eigenvalue weighted by Gasteiger charge is 1.97. The van der Waals surface area contributed by atoms with Gasteiger partial charge >= 0.3 is 0 Å². The number of hydrogen-bond donors (Lipinski definition) is 2. The molecule has 0 aromatic carbocycles. The third kappa shape index (κ3) is 3.19. The molecule has 13 heavy (non-hydrogen) atoms. The van der Waals surface area contributed by atoms with Gasteiger partial charge in [0.2, 0.25) is 0 Å². The molecule has 3 heteroatoms. The highest BCUT2D eigenvalue weighted by molar-refractivity contribution is 7.10. The van der Waals surface area contributed by atoms with Gasteiger partial charge in [-0.05, 0) is 18.5 Å². The molecule has 0 radical (unpaired) electrons. The molecule has 2 N–H and O–H groups in total. The van der Waals surface area contributed by atoms with Gasteiger partial charge in [-0.25, -0.2) is 0 Å². The Balaban J connectivity index is 2.55. The Labute approximate surface area is 82.6 Å². The molecule has 0 saturated carbocycles. The fourth-order valence-corrected chi connectivity index (χ4v) is 1.61. The second kappa shape index (κ2) is 5.76. The zero-order valence-corrected chi connectivity index (χ0v) is 8.45. The van der Waals surface area contributed by atoms with Crippen LogP contribution in [-0.2, 0) is 6.61 Å². The van der Waals surface area contributed by atoms with Gasteiger partial charge in [-0.1, -0.05) is 11.8 Å². The fourth-order valence-electron chi connectivity index (χ4n) is 0.920. The number of hydrogen-bond acceptors (Lipinski definition) is 3. The van der Waals surface area contributed by atoms with Crippen molar-refractivity contribution in [1.29, 1.82) is 0 Å². The minimum absolute atomic E-state index is 0.0910. The van der Waals surface area contributed by atoms with Crippen molar-refractivity contribution in [3.05, 3.63) is 21.9 Å². The Morgan fingerprint density at radius 2 is 2.46 bits per heavy atom. The number of aliphatic hydroxyl groups excluding tert-OH is 1. The van der Waals surface area contributed by atoms with Gasteiger partial charge in [0.1, 0.15) is 0 Å². The van der Waals surface area contributed by atoms with Gasteiger partial charge in [0.25, 0.3) is 0 Å². The van der Waals surface area contributed by atoms with Crippen molar-refractivity contribution in [3.63, 3.8) is 0 Å². The minimum atomic E-state index is 0.0910. The van der Waals surface area contributed by atoms with Crippen LogP contribution in [0.25, 0.3) is 0 Å². The zero-order valence-electron chi connectivity index (χ0n) is 7.63. The summed E-state index contributed by atoms with van der Waals surface area (Å²) in [7, 11) is 1.91.